The Morgan fingerprint density at radius 2 is 1.94 bits per heavy atom. The molecule has 1 aromatic heterocycles. The minimum atomic E-state index is -1.02. The number of aryl methyl sites for hydroxylation is 1. The van der Waals surface area contributed by atoms with Crippen molar-refractivity contribution in [1.82, 2.24) is 9.97 Å². The average molecular weight is 251 g/mol. The van der Waals surface area contributed by atoms with E-state index in [9.17, 15) is 4.79 Å². The van der Waals surface area contributed by atoms with Crippen LogP contribution >= 0.6 is 0 Å². The fourth-order valence-electron chi connectivity index (χ4n) is 1.71. The van der Waals surface area contributed by atoms with Crippen molar-refractivity contribution in [1.29, 1.82) is 0 Å². The fourth-order valence-corrected chi connectivity index (χ4v) is 1.71. The summed E-state index contributed by atoms with van der Waals surface area (Å²) in [5.74, 6) is -0.0594. The highest BCUT2D eigenvalue weighted by atomic mass is 16.4. The van der Waals surface area contributed by atoms with Crippen LogP contribution in [0.25, 0.3) is 0 Å². The number of carbonyl (C=O) groups is 1. The minimum Gasteiger partial charge on any atom is -0.477 e. The molecule has 100 valence electrons. The molecule has 0 unspecified atom stereocenters. The summed E-state index contributed by atoms with van der Waals surface area (Å²) in [6.45, 7) is 10.9. The molecule has 0 aromatic carbocycles. The lowest BCUT2D eigenvalue weighted by Crippen LogP contribution is -2.36. The van der Waals surface area contributed by atoms with Gasteiger partial charge in [0, 0.05) is 18.3 Å². The number of rotatable bonds is 5. The lowest BCUT2D eigenvalue weighted by molar-refractivity contribution is 0.0690. The van der Waals surface area contributed by atoms with Gasteiger partial charge in [-0.3, -0.25) is 0 Å². The van der Waals surface area contributed by atoms with Crippen LogP contribution in [0.1, 0.15) is 43.9 Å². The molecule has 1 aromatic rings. The Balaban J connectivity index is 3.15. The van der Waals surface area contributed by atoms with Crippen molar-refractivity contribution in [2.45, 2.75) is 40.7 Å². The van der Waals surface area contributed by atoms with Gasteiger partial charge < -0.3 is 10.0 Å². The monoisotopic (exact) mass is 251 g/mol. The lowest BCUT2D eigenvalue weighted by Gasteiger charge is -2.28. The molecular weight excluding hydrogens is 230 g/mol. The van der Waals surface area contributed by atoms with Crippen LogP contribution in [0.4, 0.5) is 5.95 Å². The third-order valence-corrected chi connectivity index (χ3v) is 2.50. The predicted molar refractivity (Wildman–Crippen MR) is 71.0 cm³/mol. The van der Waals surface area contributed by atoms with Gasteiger partial charge in [-0.2, -0.15) is 0 Å². The zero-order chi connectivity index (χ0) is 13.9. The molecule has 0 atom stereocenters. The first-order valence-electron chi connectivity index (χ1n) is 6.17. The molecule has 18 heavy (non-hydrogen) atoms. The Morgan fingerprint density at radius 3 is 2.39 bits per heavy atom. The Hall–Kier alpha value is -1.65. The summed E-state index contributed by atoms with van der Waals surface area (Å²) in [6, 6.07) is 1.72. The minimum absolute atomic E-state index is 0.0481. The van der Waals surface area contributed by atoms with E-state index in [-0.39, 0.29) is 11.7 Å². The summed E-state index contributed by atoms with van der Waals surface area (Å²) in [6.07, 6.45) is 0. The van der Waals surface area contributed by atoms with Gasteiger partial charge in [-0.25, -0.2) is 14.8 Å². The number of hydrogen-bond acceptors (Lipinski definition) is 4. The zero-order valence-electron chi connectivity index (χ0n) is 11.6. The van der Waals surface area contributed by atoms with Crippen molar-refractivity contribution in [3.05, 3.63) is 17.5 Å². The van der Waals surface area contributed by atoms with Crippen LogP contribution in [-0.4, -0.2) is 33.6 Å². The maximum Gasteiger partial charge on any atom is 0.354 e. The van der Waals surface area contributed by atoms with E-state index in [2.05, 4.69) is 37.7 Å². The molecule has 0 saturated heterocycles. The van der Waals surface area contributed by atoms with Crippen molar-refractivity contribution in [3.8, 4) is 0 Å². The molecule has 0 aliphatic rings. The van der Waals surface area contributed by atoms with Crippen LogP contribution in [0.15, 0.2) is 6.07 Å². The van der Waals surface area contributed by atoms with Gasteiger partial charge in [0.15, 0.2) is 5.69 Å². The van der Waals surface area contributed by atoms with E-state index >= 15 is 0 Å². The van der Waals surface area contributed by atoms with Crippen LogP contribution in [0, 0.1) is 12.8 Å². The number of nitrogens with zero attached hydrogens (tertiary/aromatic N) is 3. The van der Waals surface area contributed by atoms with E-state index in [4.69, 9.17) is 5.11 Å². The number of aromatic nitrogens is 2. The van der Waals surface area contributed by atoms with Crippen molar-refractivity contribution < 1.29 is 9.90 Å². The molecule has 0 aliphatic heterocycles. The quantitative estimate of drug-likeness (QED) is 0.870. The first-order valence-corrected chi connectivity index (χ1v) is 6.17. The summed E-state index contributed by atoms with van der Waals surface area (Å²) < 4.78 is 0. The number of carboxylic acid groups (broad SMARTS) is 1. The highest BCUT2D eigenvalue weighted by Gasteiger charge is 2.17. The zero-order valence-corrected chi connectivity index (χ0v) is 11.6. The maximum absolute atomic E-state index is 11.0. The van der Waals surface area contributed by atoms with Crippen molar-refractivity contribution in [2.75, 3.05) is 11.4 Å². The molecule has 0 radical (unpaired) electrons. The summed E-state index contributed by atoms with van der Waals surface area (Å²) >= 11 is 0. The third-order valence-electron chi connectivity index (χ3n) is 2.50. The van der Waals surface area contributed by atoms with E-state index in [1.165, 1.54) is 6.07 Å². The van der Waals surface area contributed by atoms with Gasteiger partial charge in [-0.15, -0.1) is 0 Å². The SMILES string of the molecule is Cc1cc(C(=O)O)nc(N(CC(C)C)C(C)C)n1. The number of carboxylic acids is 1. The standard InChI is InChI=1S/C13H21N3O2/c1-8(2)7-16(9(3)4)13-14-10(5)6-11(15-13)12(17)18/h6,8-9H,7H2,1-5H3,(H,17,18). The molecule has 5 nitrogen and oxygen atoms in total. The van der Waals surface area contributed by atoms with Crippen molar-refractivity contribution >= 4 is 11.9 Å². The number of anilines is 1. The summed E-state index contributed by atoms with van der Waals surface area (Å²) in [7, 11) is 0. The van der Waals surface area contributed by atoms with Gasteiger partial charge in [0.1, 0.15) is 0 Å². The van der Waals surface area contributed by atoms with Gasteiger partial charge in [-0.05, 0) is 32.8 Å². The largest absolute Gasteiger partial charge is 0.477 e. The van der Waals surface area contributed by atoms with Gasteiger partial charge in [0.2, 0.25) is 5.95 Å². The van der Waals surface area contributed by atoms with Crippen LogP contribution < -0.4 is 4.90 Å². The van der Waals surface area contributed by atoms with Crippen LogP contribution in [-0.2, 0) is 0 Å². The summed E-state index contributed by atoms with van der Waals surface area (Å²) in [5, 5.41) is 9.03. The fraction of sp³-hybridized carbons (Fsp3) is 0.615. The molecule has 0 aliphatic carbocycles. The van der Waals surface area contributed by atoms with Crippen LogP contribution in [0.3, 0.4) is 0 Å². The first-order chi connectivity index (χ1) is 8.31. The van der Waals surface area contributed by atoms with Gasteiger partial charge in [0.25, 0.3) is 0 Å². The highest BCUT2D eigenvalue weighted by Crippen LogP contribution is 2.15. The molecule has 0 spiro atoms. The molecule has 1 rings (SSSR count). The summed E-state index contributed by atoms with van der Waals surface area (Å²) in [5.41, 5.74) is 0.721. The van der Waals surface area contributed by atoms with Gasteiger partial charge >= 0.3 is 5.97 Å². The van der Waals surface area contributed by atoms with Crippen molar-refractivity contribution in [3.63, 3.8) is 0 Å². The predicted octanol–water partition coefficient (Wildman–Crippen LogP) is 2.35. The van der Waals surface area contributed by atoms with Gasteiger partial charge in [-0.1, -0.05) is 13.8 Å². The second kappa shape index (κ2) is 5.80. The smallest absolute Gasteiger partial charge is 0.354 e. The second-order valence-corrected chi connectivity index (χ2v) is 5.14. The molecule has 5 heteroatoms. The molecule has 0 fully saturated rings. The van der Waals surface area contributed by atoms with E-state index in [1.54, 1.807) is 6.92 Å². The molecule has 0 amide bonds. The normalized spacial score (nSPS) is 11.1. The molecular formula is C13H21N3O2. The number of aromatic carboxylic acids is 1. The maximum atomic E-state index is 11.0. The topological polar surface area (TPSA) is 66.3 Å². The average Bonchev–Trinajstić information content (AvgIpc) is 2.24. The van der Waals surface area contributed by atoms with Gasteiger partial charge in [0.05, 0.1) is 0 Å². The van der Waals surface area contributed by atoms with E-state index < -0.39 is 5.97 Å². The van der Waals surface area contributed by atoms with E-state index in [1.807, 2.05) is 4.90 Å². The molecule has 1 N–H and O–H groups in total. The van der Waals surface area contributed by atoms with Crippen LogP contribution in [0.2, 0.25) is 0 Å². The number of hydrogen-bond donors (Lipinski definition) is 1. The molecule has 0 bridgehead atoms. The lowest BCUT2D eigenvalue weighted by atomic mass is 10.2. The Kier molecular flexibility index (Phi) is 4.64. The summed E-state index contributed by atoms with van der Waals surface area (Å²) in [4.78, 5) is 21.5. The Morgan fingerprint density at radius 1 is 1.33 bits per heavy atom. The van der Waals surface area contributed by atoms with E-state index in [0.29, 0.717) is 17.6 Å². The molecule has 1 heterocycles. The molecule has 0 saturated carbocycles. The first kappa shape index (κ1) is 14.4. The highest BCUT2D eigenvalue weighted by molar-refractivity contribution is 5.85. The van der Waals surface area contributed by atoms with Crippen molar-refractivity contribution in [2.24, 2.45) is 5.92 Å². The van der Waals surface area contributed by atoms with E-state index in [0.717, 1.165) is 6.54 Å². The Bertz CT molecular complexity index is 430. The Labute approximate surface area is 108 Å². The van der Waals surface area contributed by atoms with Crippen LogP contribution in [0.5, 0.6) is 0 Å². The second-order valence-electron chi connectivity index (χ2n) is 5.14. The third kappa shape index (κ3) is 3.68.